The molecule has 0 spiro atoms. The molecule has 2 aromatic rings. The van der Waals surface area contributed by atoms with Crippen molar-refractivity contribution < 1.29 is 27.4 Å². The molecule has 0 radical (unpaired) electrons. The average Bonchev–Trinajstić information content (AvgIpc) is 2.83. The molecule has 0 aromatic heterocycles. The van der Waals surface area contributed by atoms with E-state index in [1.54, 1.807) is 32.4 Å². The maximum absolute atomic E-state index is 13.1. The Hall–Kier alpha value is -2.78. The number of amides is 1. The third-order valence-electron chi connectivity index (χ3n) is 5.65. The number of nitrogens with zero attached hydrogens (tertiary/aromatic N) is 1. The number of rotatable bonds is 10. The third-order valence-corrected chi connectivity index (χ3v) is 7.54. The molecule has 2 aromatic carbocycles. The van der Waals surface area contributed by atoms with Crippen molar-refractivity contribution in [3.63, 3.8) is 0 Å². The van der Waals surface area contributed by atoms with Crippen LogP contribution in [0.4, 0.5) is 5.69 Å². The largest absolute Gasteiger partial charge is 0.493 e. The van der Waals surface area contributed by atoms with Crippen LogP contribution >= 0.6 is 0 Å². The Morgan fingerprint density at radius 1 is 1.03 bits per heavy atom. The van der Waals surface area contributed by atoms with Gasteiger partial charge in [0, 0.05) is 19.5 Å². The van der Waals surface area contributed by atoms with E-state index in [4.69, 9.17) is 14.2 Å². The Bertz CT molecular complexity index is 1090. The van der Waals surface area contributed by atoms with E-state index in [1.807, 2.05) is 26.0 Å². The lowest BCUT2D eigenvalue weighted by atomic mass is 10.1. The number of ether oxygens (including phenoxy) is 3. The first-order valence-corrected chi connectivity index (χ1v) is 13.0. The van der Waals surface area contributed by atoms with Crippen molar-refractivity contribution in [1.82, 2.24) is 4.31 Å². The number of para-hydroxylation sites is 1. The lowest BCUT2D eigenvalue weighted by Crippen LogP contribution is -2.35. The zero-order valence-corrected chi connectivity index (χ0v) is 21.1. The number of benzene rings is 2. The quantitative estimate of drug-likeness (QED) is 0.536. The maximum atomic E-state index is 13.1. The van der Waals surface area contributed by atoms with E-state index in [2.05, 4.69) is 5.32 Å². The van der Waals surface area contributed by atoms with Gasteiger partial charge in [-0.3, -0.25) is 4.79 Å². The topological polar surface area (TPSA) is 94.2 Å². The van der Waals surface area contributed by atoms with Crippen molar-refractivity contribution in [3.05, 3.63) is 42.0 Å². The summed E-state index contributed by atoms with van der Waals surface area (Å²) in [6.45, 7) is 4.77. The SMILES string of the molecule is COc1cccc(CCC(=O)Nc2cc(S(=O)(=O)N3CCCCC3)ccc2OC(C)C)c1OC. The van der Waals surface area contributed by atoms with Gasteiger partial charge in [0.25, 0.3) is 0 Å². The summed E-state index contributed by atoms with van der Waals surface area (Å²) in [5.74, 6) is 1.37. The van der Waals surface area contributed by atoms with Crippen LogP contribution in [0.15, 0.2) is 41.3 Å². The lowest BCUT2D eigenvalue weighted by Gasteiger charge is -2.26. The number of anilines is 1. The molecule has 1 amide bonds. The van der Waals surface area contributed by atoms with Crippen molar-refractivity contribution in [2.45, 2.75) is 57.0 Å². The number of hydrogen-bond donors (Lipinski definition) is 1. The second kappa shape index (κ2) is 11.6. The van der Waals surface area contributed by atoms with Gasteiger partial charge in [-0.15, -0.1) is 0 Å². The van der Waals surface area contributed by atoms with E-state index >= 15 is 0 Å². The van der Waals surface area contributed by atoms with Crippen LogP contribution in [0.2, 0.25) is 0 Å². The average molecular weight is 491 g/mol. The number of carbonyl (C=O) groups excluding carboxylic acids is 1. The smallest absolute Gasteiger partial charge is 0.243 e. The van der Waals surface area contributed by atoms with Gasteiger partial charge in [0.1, 0.15) is 5.75 Å². The fraction of sp³-hybridized carbons (Fsp3) is 0.480. The van der Waals surface area contributed by atoms with Crippen LogP contribution in [0.3, 0.4) is 0 Å². The predicted molar refractivity (Wildman–Crippen MR) is 131 cm³/mol. The summed E-state index contributed by atoms with van der Waals surface area (Å²) in [6.07, 6.45) is 3.20. The van der Waals surface area contributed by atoms with Gasteiger partial charge in [-0.1, -0.05) is 18.6 Å². The minimum absolute atomic E-state index is 0.138. The number of carbonyl (C=O) groups is 1. The zero-order valence-electron chi connectivity index (χ0n) is 20.3. The highest BCUT2D eigenvalue weighted by atomic mass is 32.2. The van der Waals surface area contributed by atoms with Gasteiger partial charge in [0.15, 0.2) is 11.5 Å². The van der Waals surface area contributed by atoms with Crippen LogP contribution in [0.5, 0.6) is 17.2 Å². The summed E-state index contributed by atoms with van der Waals surface area (Å²) >= 11 is 0. The molecule has 186 valence electrons. The Kier molecular flexibility index (Phi) is 8.79. The molecule has 0 bridgehead atoms. The van der Waals surface area contributed by atoms with Gasteiger partial charge in [-0.05, 0) is 62.9 Å². The van der Waals surface area contributed by atoms with Crippen LogP contribution in [-0.2, 0) is 21.2 Å². The van der Waals surface area contributed by atoms with E-state index in [1.165, 1.54) is 10.4 Å². The van der Waals surface area contributed by atoms with Crippen molar-refractivity contribution >= 4 is 21.6 Å². The highest BCUT2D eigenvalue weighted by Crippen LogP contribution is 2.33. The standard InChI is InChI=1S/C25H34N2O6S/c1-18(2)33-22-13-12-20(34(29,30)27-15-6-5-7-16-27)17-21(22)26-24(28)14-11-19-9-8-10-23(31-3)25(19)32-4/h8-10,12-13,17-18H,5-7,11,14-16H2,1-4H3,(H,26,28). The second-order valence-electron chi connectivity index (χ2n) is 8.49. The Balaban J connectivity index is 1.80. The number of aryl methyl sites for hydroxylation is 1. The molecule has 0 aliphatic carbocycles. The molecular weight excluding hydrogens is 456 g/mol. The van der Waals surface area contributed by atoms with Gasteiger partial charge in [0.05, 0.1) is 30.9 Å². The van der Waals surface area contributed by atoms with Gasteiger partial charge in [-0.2, -0.15) is 4.31 Å². The summed E-state index contributed by atoms with van der Waals surface area (Å²) in [6, 6.07) is 10.2. The number of sulfonamides is 1. The number of nitrogens with one attached hydrogen (secondary N) is 1. The minimum atomic E-state index is -3.64. The minimum Gasteiger partial charge on any atom is -0.493 e. The molecule has 1 saturated heterocycles. The fourth-order valence-corrected chi connectivity index (χ4v) is 5.53. The van der Waals surface area contributed by atoms with Crippen LogP contribution in [0, 0.1) is 0 Å². The molecule has 1 aliphatic rings. The third kappa shape index (κ3) is 6.21. The monoisotopic (exact) mass is 490 g/mol. The van der Waals surface area contributed by atoms with Gasteiger partial charge >= 0.3 is 0 Å². The van der Waals surface area contributed by atoms with Crippen LogP contribution in [0.1, 0.15) is 45.1 Å². The molecule has 3 rings (SSSR count). The molecule has 0 atom stereocenters. The normalized spacial score (nSPS) is 14.6. The van der Waals surface area contributed by atoms with Gasteiger partial charge in [0.2, 0.25) is 15.9 Å². The summed E-state index contributed by atoms with van der Waals surface area (Å²) < 4.78 is 44.4. The summed E-state index contributed by atoms with van der Waals surface area (Å²) in [7, 11) is -0.516. The maximum Gasteiger partial charge on any atom is 0.243 e. The number of hydrogen-bond acceptors (Lipinski definition) is 6. The summed E-state index contributed by atoms with van der Waals surface area (Å²) in [5.41, 5.74) is 1.19. The van der Waals surface area contributed by atoms with Crippen LogP contribution in [-0.4, -0.2) is 52.0 Å². The van der Waals surface area contributed by atoms with Crippen LogP contribution < -0.4 is 19.5 Å². The first kappa shape index (κ1) is 25.8. The molecule has 9 heteroatoms. The number of piperidine rings is 1. The van der Waals surface area contributed by atoms with Crippen molar-refractivity contribution in [2.24, 2.45) is 0 Å². The molecule has 1 N–H and O–H groups in total. The molecular formula is C25H34N2O6S. The van der Waals surface area contributed by atoms with Crippen molar-refractivity contribution in [1.29, 1.82) is 0 Å². The van der Waals surface area contributed by atoms with Crippen molar-refractivity contribution in [3.8, 4) is 17.2 Å². The first-order chi connectivity index (χ1) is 16.3. The predicted octanol–water partition coefficient (Wildman–Crippen LogP) is 4.24. The highest BCUT2D eigenvalue weighted by Gasteiger charge is 2.27. The second-order valence-corrected chi connectivity index (χ2v) is 10.4. The Labute approximate surface area is 202 Å². The molecule has 1 fully saturated rings. The molecule has 34 heavy (non-hydrogen) atoms. The van der Waals surface area contributed by atoms with Crippen LogP contribution in [0.25, 0.3) is 0 Å². The van der Waals surface area contributed by atoms with E-state index < -0.39 is 10.0 Å². The molecule has 1 heterocycles. The van der Waals surface area contributed by atoms with E-state index in [0.717, 1.165) is 24.8 Å². The number of methoxy groups -OCH3 is 2. The highest BCUT2D eigenvalue weighted by molar-refractivity contribution is 7.89. The fourth-order valence-electron chi connectivity index (χ4n) is 3.99. The van der Waals surface area contributed by atoms with Gasteiger partial charge < -0.3 is 19.5 Å². The molecule has 0 unspecified atom stereocenters. The molecule has 0 saturated carbocycles. The van der Waals surface area contributed by atoms with E-state index in [-0.39, 0.29) is 23.3 Å². The molecule has 1 aliphatic heterocycles. The van der Waals surface area contributed by atoms with E-state index in [9.17, 15) is 13.2 Å². The Morgan fingerprint density at radius 2 is 1.76 bits per heavy atom. The summed E-state index contributed by atoms with van der Waals surface area (Å²) in [4.78, 5) is 13.0. The van der Waals surface area contributed by atoms with Gasteiger partial charge in [-0.25, -0.2) is 8.42 Å². The zero-order chi connectivity index (χ0) is 24.7. The summed E-state index contributed by atoms with van der Waals surface area (Å²) in [5, 5.41) is 2.85. The first-order valence-electron chi connectivity index (χ1n) is 11.6. The Morgan fingerprint density at radius 3 is 2.41 bits per heavy atom. The van der Waals surface area contributed by atoms with E-state index in [0.29, 0.717) is 42.4 Å². The molecule has 8 nitrogen and oxygen atoms in total. The lowest BCUT2D eigenvalue weighted by molar-refractivity contribution is -0.116. The van der Waals surface area contributed by atoms with Crippen molar-refractivity contribution in [2.75, 3.05) is 32.6 Å².